The van der Waals surface area contributed by atoms with Gasteiger partial charge in [-0.3, -0.25) is 0 Å². The Kier molecular flexibility index (Phi) is 6.33. The van der Waals surface area contributed by atoms with E-state index in [1.165, 1.54) is 6.26 Å². The lowest BCUT2D eigenvalue weighted by Crippen LogP contribution is -2.07. The van der Waals surface area contributed by atoms with E-state index >= 15 is 0 Å². The largest absolute Gasteiger partial charge is 0.493 e. The Balaban J connectivity index is 1.88. The minimum atomic E-state index is -3.27. The molecule has 172 valence electrons. The summed E-state index contributed by atoms with van der Waals surface area (Å²) in [6.07, 6.45) is 2.90. The quantitative estimate of drug-likeness (QED) is 0.406. The molecule has 8 nitrogen and oxygen atoms in total. The fourth-order valence-corrected chi connectivity index (χ4v) is 4.30. The van der Waals surface area contributed by atoms with Crippen molar-refractivity contribution in [3.63, 3.8) is 0 Å². The van der Waals surface area contributed by atoms with E-state index in [0.29, 0.717) is 29.7 Å². The maximum atomic E-state index is 11.8. The fourth-order valence-electron chi connectivity index (χ4n) is 3.67. The highest BCUT2D eigenvalue weighted by molar-refractivity contribution is 7.90. The lowest BCUT2D eigenvalue weighted by molar-refractivity contribution is 0.341. The molecule has 0 atom stereocenters. The van der Waals surface area contributed by atoms with E-state index in [0.717, 1.165) is 35.4 Å². The molecule has 0 amide bonds. The topological polar surface area (TPSA) is 98.5 Å². The van der Waals surface area contributed by atoms with Gasteiger partial charge in [0.15, 0.2) is 21.5 Å². The average molecular weight is 466 g/mol. The third-order valence-electron chi connectivity index (χ3n) is 5.18. The number of hydrogen-bond acceptors (Lipinski definition) is 7. The van der Waals surface area contributed by atoms with Gasteiger partial charge in [-0.1, -0.05) is 19.1 Å². The number of hydrogen-bond donors (Lipinski definition) is 1. The molecule has 0 aliphatic heterocycles. The molecule has 1 N–H and O–H groups in total. The Morgan fingerprint density at radius 1 is 1.03 bits per heavy atom. The van der Waals surface area contributed by atoms with Crippen LogP contribution in [0.25, 0.3) is 16.9 Å². The Hall–Kier alpha value is -3.46. The normalized spacial score (nSPS) is 11.6. The van der Waals surface area contributed by atoms with Gasteiger partial charge in [0.1, 0.15) is 17.1 Å². The van der Waals surface area contributed by atoms with Gasteiger partial charge in [0.25, 0.3) is 0 Å². The van der Waals surface area contributed by atoms with Crippen LogP contribution in [0.15, 0.2) is 53.4 Å². The number of imidazole rings is 1. The molecule has 0 saturated carbocycles. The Morgan fingerprint density at radius 2 is 1.76 bits per heavy atom. The molecule has 2 aromatic carbocycles. The van der Waals surface area contributed by atoms with Crippen LogP contribution in [0.5, 0.6) is 5.75 Å². The average Bonchev–Trinajstić information content (AvgIpc) is 3.10. The maximum Gasteiger partial charge on any atom is 0.185 e. The molecule has 0 aliphatic carbocycles. The standard InChI is InChI=1S/C24H27N5O3S/c1-5-9-21-25-16(3)22-24(26-17-12-14-18(15-13-17)33(4,30)31)27-23(28-29(21)22)19-10-7-8-11-20(19)32-6-2/h7-8,10-15H,5-6,9H2,1-4H3,(H,26,27,28). The summed E-state index contributed by atoms with van der Waals surface area (Å²) in [5.41, 5.74) is 3.09. The van der Waals surface area contributed by atoms with Crippen LogP contribution in [0.2, 0.25) is 0 Å². The summed E-state index contributed by atoms with van der Waals surface area (Å²) in [5.74, 6) is 2.66. The van der Waals surface area contributed by atoms with Crippen LogP contribution in [-0.2, 0) is 16.3 Å². The van der Waals surface area contributed by atoms with Crippen LogP contribution in [0.4, 0.5) is 11.5 Å². The molecule has 0 saturated heterocycles. The molecular formula is C24H27N5O3S. The second kappa shape index (κ2) is 9.19. The summed E-state index contributed by atoms with van der Waals surface area (Å²) in [5, 5.41) is 8.16. The van der Waals surface area contributed by atoms with Crippen LogP contribution < -0.4 is 10.1 Å². The third-order valence-corrected chi connectivity index (χ3v) is 6.31. The number of nitrogens with zero attached hydrogens (tertiary/aromatic N) is 4. The predicted octanol–water partition coefficient (Wildman–Crippen LogP) is 4.60. The number of nitrogens with one attached hydrogen (secondary N) is 1. The number of para-hydroxylation sites is 1. The molecule has 0 unspecified atom stereocenters. The van der Waals surface area contributed by atoms with Crippen molar-refractivity contribution in [2.24, 2.45) is 0 Å². The van der Waals surface area contributed by atoms with E-state index in [9.17, 15) is 8.42 Å². The monoisotopic (exact) mass is 465 g/mol. The minimum absolute atomic E-state index is 0.262. The van der Waals surface area contributed by atoms with Crippen molar-refractivity contribution in [3.05, 3.63) is 60.0 Å². The highest BCUT2D eigenvalue weighted by Gasteiger charge is 2.19. The first-order valence-corrected chi connectivity index (χ1v) is 12.8. The smallest absolute Gasteiger partial charge is 0.185 e. The molecular weight excluding hydrogens is 438 g/mol. The molecule has 0 bridgehead atoms. The van der Waals surface area contributed by atoms with E-state index in [2.05, 4.69) is 12.2 Å². The number of fused-ring (bicyclic) bond motifs is 1. The van der Waals surface area contributed by atoms with E-state index in [4.69, 9.17) is 19.8 Å². The van der Waals surface area contributed by atoms with Crippen molar-refractivity contribution in [1.29, 1.82) is 0 Å². The molecule has 9 heteroatoms. The third kappa shape index (κ3) is 4.68. The number of ether oxygens (including phenoxy) is 1. The first-order chi connectivity index (χ1) is 15.8. The molecule has 4 rings (SSSR count). The molecule has 0 fully saturated rings. The fraction of sp³-hybridized carbons (Fsp3) is 0.292. The molecule has 2 heterocycles. The number of anilines is 2. The lowest BCUT2D eigenvalue weighted by atomic mass is 10.2. The highest BCUT2D eigenvalue weighted by atomic mass is 32.2. The zero-order valence-electron chi connectivity index (χ0n) is 19.2. The molecule has 0 radical (unpaired) electrons. The summed E-state index contributed by atoms with van der Waals surface area (Å²) < 4.78 is 31.3. The SMILES string of the molecule is CCCc1nc(C)c2c(Nc3ccc(S(C)(=O)=O)cc3)nc(-c3ccccc3OCC)nn12. The van der Waals surface area contributed by atoms with Crippen molar-refractivity contribution in [2.45, 2.75) is 38.5 Å². The van der Waals surface area contributed by atoms with Gasteiger partial charge >= 0.3 is 0 Å². The minimum Gasteiger partial charge on any atom is -0.493 e. The number of aryl methyl sites for hydroxylation is 2. The van der Waals surface area contributed by atoms with Crippen LogP contribution in [0, 0.1) is 6.92 Å². The number of rotatable bonds is 8. The van der Waals surface area contributed by atoms with Crippen molar-refractivity contribution < 1.29 is 13.2 Å². The maximum absolute atomic E-state index is 11.8. The predicted molar refractivity (Wildman–Crippen MR) is 129 cm³/mol. The van der Waals surface area contributed by atoms with E-state index in [1.54, 1.807) is 24.3 Å². The van der Waals surface area contributed by atoms with Gasteiger partial charge in [-0.15, -0.1) is 5.10 Å². The van der Waals surface area contributed by atoms with Gasteiger partial charge in [-0.25, -0.2) is 22.9 Å². The zero-order chi connectivity index (χ0) is 23.6. The van der Waals surface area contributed by atoms with Gasteiger partial charge < -0.3 is 10.1 Å². The van der Waals surface area contributed by atoms with Crippen LogP contribution in [-0.4, -0.2) is 40.9 Å². The first-order valence-electron chi connectivity index (χ1n) is 10.9. The number of benzene rings is 2. The van der Waals surface area contributed by atoms with Crippen molar-refractivity contribution in [2.75, 3.05) is 18.2 Å². The number of sulfone groups is 1. The van der Waals surface area contributed by atoms with Gasteiger partial charge in [-0.05, 0) is 56.7 Å². The molecule has 0 aliphatic rings. The van der Waals surface area contributed by atoms with Crippen LogP contribution >= 0.6 is 0 Å². The lowest BCUT2D eigenvalue weighted by Gasteiger charge is -2.13. The summed E-state index contributed by atoms with van der Waals surface area (Å²) in [6.45, 7) is 6.50. The Bertz CT molecular complexity index is 1400. The van der Waals surface area contributed by atoms with E-state index in [-0.39, 0.29) is 4.90 Å². The van der Waals surface area contributed by atoms with E-state index in [1.807, 2.05) is 42.6 Å². The second-order valence-corrected chi connectivity index (χ2v) is 9.77. The van der Waals surface area contributed by atoms with Crippen molar-refractivity contribution in [1.82, 2.24) is 19.6 Å². The Labute approximate surface area is 193 Å². The van der Waals surface area contributed by atoms with Gasteiger partial charge in [0.2, 0.25) is 0 Å². The van der Waals surface area contributed by atoms with Gasteiger partial charge in [0.05, 0.1) is 22.8 Å². The highest BCUT2D eigenvalue weighted by Crippen LogP contribution is 2.31. The summed E-state index contributed by atoms with van der Waals surface area (Å²) in [4.78, 5) is 9.83. The Morgan fingerprint density at radius 3 is 2.42 bits per heavy atom. The van der Waals surface area contributed by atoms with Gasteiger partial charge in [-0.2, -0.15) is 0 Å². The molecule has 4 aromatic rings. The molecule has 2 aromatic heterocycles. The molecule has 33 heavy (non-hydrogen) atoms. The first kappa shape index (κ1) is 22.7. The van der Waals surface area contributed by atoms with Crippen LogP contribution in [0.1, 0.15) is 31.8 Å². The zero-order valence-corrected chi connectivity index (χ0v) is 20.0. The summed E-state index contributed by atoms with van der Waals surface area (Å²) >= 11 is 0. The second-order valence-electron chi connectivity index (χ2n) is 7.76. The van der Waals surface area contributed by atoms with Crippen LogP contribution in [0.3, 0.4) is 0 Å². The van der Waals surface area contributed by atoms with Crippen molar-refractivity contribution in [3.8, 4) is 17.1 Å². The summed E-state index contributed by atoms with van der Waals surface area (Å²) in [7, 11) is -3.27. The van der Waals surface area contributed by atoms with Crippen molar-refractivity contribution >= 4 is 26.9 Å². The molecule has 0 spiro atoms. The van der Waals surface area contributed by atoms with Gasteiger partial charge in [0, 0.05) is 18.4 Å². The van der Waals surface area contributed by atoms with E-state index < -0.39 is 9.84 Å². The number of aromatic nitrogens is 4. The summed E-state index contributed by atoms with van der Waals surface area (Å²) in [6, 6.07) is 14.3.